The fraction of sp³-hybridized carbons (Fsp3) is 0.924. The van der Waals surface area contributed by atoms with Gasteiger partial charge in [-0.25, -0.2) is 0 Å². The molecule has 6 nitrogen and oxygen atoms in total. The summed E-state index contributed by atoms with van der Waals surface area (Å²) >= 11 is 0. The first-order valence-corrected chi connectivity index (χ1v) is 39.1. The van der Waals surface area contributed by atoms with E-state index in [0.29, 0.717) is 25.9 Å². The SMILES string of the molecule is CCCCCCC/C=C\CCCCCCCC(=O)OCCCCCCCCCCCCCCCC/C=C\CCCCCCCCCCCCCCCCCCCC(=O)NC(CO)C(O)CCCCCCCCCCCCCCCCCCCCC. The summed E-state index contributed by atoms with van der Waals surface area (Å²) in [6, 6.07) is -0.539. The van der Waals surface area contributed by atoms with Crippen molar-refractivity contribution in [2.45, 2.75) is 456 Å². The number of esters is 1. The number of unbranched alkanes of at least 4 members (excludes halogenated alkanes) is 59. The van der Waals surface area contributed by atoms with E-state index >= 15 is 0 Å². The average Bonchev–Trinajstić information content (AvgIpc) is 3.51. The second kappa shape index (κ2) is 74.8. The van der Waals surface area contributed by atoms with Crippen LogP contribution >= 0.6 is 0 Å². The highest BCUT2D eigenvalue weighted by molar-refractivity contribution is 5.76. The van der Waals surface area contributed by atoms with Crippen molar-refractivity contribution in [3.05, 3.63) is 24.3 Å². The van der Waals surface area contributed by atoms with Crippen molar-refractivity contribution in [1.29, 1.82) is 0 Å². The zero-order valence-corrected chi connectivity index (χ0v) is 57.9. The van der Waals surface area contributed by atoms with Crippen LogP contribution in [0, 0.1) is 0 Å². The second-order valence-electron chi connectivity index (χ2n) is 27.0. The molecule has 0 aliphatic rings. The Morgan fingerprint density at radius 1 is 0.318 bits per heavy atom. The number of hydrogen-bond donors (Lipinski definition) is 3. The molecule has 0 aromatic rings. The van der Waals surface area contributed by atoms with E-state index in [2.05, 4.69) is 43.5 Å². The molecule has 2 atom stereocenters. The molecule has 504 valence electrons. The van der Waals surface area contributed by atoms with Gasteiger partial charge in [-0.1, -0.05) is 378 Å². The van der Waals surface area contributed by atoms with Crippen LogP contribution in [0.3, 0.4) is 0 Å². The fourth-order valence-electron chi connectivity index (χ4n) is 12.5. The Labute approximate surface area is 532 Å². The smallest absolute Gasteiger partial charge is 0.305 e. The lowest BCUT2D eigenvalue weighted by molar-refractivity contribution is -0.143. The quantitative estimate of drug-likeness (QED) is 0.0320. The van der Waals surface area contributed by atoms with E-state index in [4.69, 9.17) is 4.74 Å². The Morgan fingerprint density at radius 2 is 0.553 bits per heavy atom. The van der Waals surface area contributed by atoms with Crippen LogP contribution < -0.4 is 5.32 Å². The number of carbonyl (C=O) groups excluding carboxylic acids is 2. The van der Waals surface area contributed by atoms with Gasteiger partial charge < -0.3 is 20.3 Å². The van der Waals surface area contributed by atoms with Crippen molar-refractivity contribution >= 4 is 11.9 Å². The highest BCUT2D eigenvalue weighted by Gasteiger charge is 2.20. The van der Waals surface area contributed by atoms with E-state index < -0.39 is 12.1 Å². The first-order valence-electron chi connectivity index (χ1n) is 39.1. The third kappa shape index (κ3) is 71.3. The maximum atomic E-state index is 12.6. The van der Waals surface area contributed by atoms with Gasteiger partial charge in [-0.15, -0.1) is 0 Å². The van der Waals surface area contributed by atoms with Gasteiger partial charge in [-0.3, -0.25) is 9.59 Å². The average molecular weight is 1200 g/mol. The van der Waals surface area contributed by atoms with Crippen LogP contribution in [0.5, 0.6) is 0 Å². The zero-order valence-electron chi connectivity index (χ0n) is 57.9. The standard InChI is InChI=1S/C79H153NO5/c1-3-5-7-9-11-13-15-17-19-20-38-41-44-47-51-55-59-63-67-71-77(82)76(75-81)80-78(83)72-68-64-60-56-52-48-45-42-39-36-34-32-30-28-26-24-22-21-23-25-27-29-31-33-35-37-40-43-46-50-54-58-62-66-70-74-85-79(84)73-69-65-61-57-53-49-18-16-14-12-10-8-6-4-2/h16,18,23,25,76-77,81-82H,3-15,17,19-22,24,26-75H2,1-2H3,(H,80,83)/b18-16-,25-23-. The van der Waals surface area contributed by atoms with Crippen molar-refractivity contribution in [3.8, 4) is 0 Å². The Hall–Kier alpha value is -1.66. The van der Waals surface area contributed by atoms with Crippen LogP contribution in [-0.2, 0) is 14.3 Å². The predicted octanol–water partition coefficient (Wildman–Crippen LogP) is 25.7. The second-order valence-corrected chi connectivity index (χ2v) is 27.0. The van der Waals surface area contributed by atoms with Crippen molar-refractivity contribution in [2.75, 3.05) is 13.2 Å². The summed E-state index contributed by atoms with van der Waals surface area (Å²) in [6.45, 7) is 4.99. The highest BCUT2D eigenvalue weighted by Crippen LogP contribution is 2.20. The molecular weight excluding hydrogens is 1040 g/mol. The molecule has 0 saturated carbocycles. The van der Waals surface area contributed by atoms with Crippen molar-refractivity contribution in [3.63, 3.8) is 0 Å². The molecule has 3 N–H and O–H groups in total. The molecule has 0 aliphatic carbocycles. The van der Waals surface area contributed by atoms with Gasteiger partial charge in [-0.2, -0.15) is 0 Å². The van der Waals surface area contributed by atoms with Crippen LogP contribution in [-0.4, -0.2) is 47.4 Å². The first-order chi connectivity index (χ1) is 42.0. The van der Waals surface area contributed by atoms with Crippen LogP contribution in [0.2, 0.25) is 0 Å². The summed E-state index contributed by atoms with van der Waals surface area (Å²) in [5, 5.41) is 23.4. The maximum absolute atomic E-state index is 12.6. The largest absolute Gasteiger partial charge is 0.466 e. The van der Waals surface area contributed by atoms with E-state index in [0.717, 1.165) is 44.9 Å². The maximum Gasteiger partial charge on any atom is 0.305 e. The van der Waals surface area contributed by atoms with Gasteiger partial charge in [0, 0.05) is 12.8 Å². The lowest BCUT2D eigenvalue weighted by Gasteiger charge is -2.22. The Kier molecular flexibility index (Phi) is 73.3. The van der Waals surface area contributed by atoms with Gasteiger partial charge in [0.2, 0.25) is 5.91 Å². The van der Waals surface area contributed by atoms with Crippen LogP contribution in [0.25, 0.3) is 0 Å². The summed E-state index contributed by atoms with van der Waals surface area (Å²) in [6.07, 6.45) is 95.5. The van der Waals surface area contributed by atoms with E-state index in [9.17, 15) is 19.8 Å². The van der Waals surface area contributed by atoms with Crippen molar-refractivity contribution < 1.29 is 24.5 Å². The number of aliphatic hydroxyl groups is 2. The number of allylic oxidation sites excluding steroid dienone is 4. The molecule has 0 fully saturated rings. The zero-order chi connectivity index (χ0) is 61.3. The summed E-state index contributed by atoms with van der Waals surface area (Å²) in [4.78, 5) is 24.6. The topological polar surface area (TPSA) is 95.9 Å². The van der Waals surface area contributed by atoms with Crippen LogP contribution in [0.4, 0.5) is 0 Å². The van der Waals surface area contributed by atoms with Gasteiger partial charge in [-0.05, 0) is 77.0 Å². The summed E-state index contributed by atoms with van der Waals surface area (Å²) in [5.74, 6) is -0.0142. The summed E-state index contributed by atoms with van der Waals surface area (Å²) in [5.41, 5.74) is 0. The number of amides is 1. The molecule has 0 bridgehead atoms. The monoisotopic (exact) mass is 1200 g/mol. The van der Waals surface area contributed by atoms with E-state index in [1.165, 1.54) is 366 Å². The van der Waals surface area contributed by atoms with Gasteiger partial charge in [0.25, 0.3) is 0 Å². The minimum absolute atomic E-state index is 0.0125. The molecule has 0 aromatic heterocycles. The van der Waals surface area contributed by atoms with Crippen LogP contribution in [0.15, 0.2) is 24.3 Å². The van der Waals surface area contributed by atoms with Gasteiger partial charge in [0.15, 0.2) is 0 Å². The third-order valence-corrected chi connectivity index (χ3v) is 18.5. The molecule has 85 heavy (non-hydrogen) atoms. The van der Waals surface area contributed by atoms with Crippen LogP contribution in [0.1, 0.15) is 444 Å². The molecule has 0 spiro atoms. The molecule has 0 saturated heterocycles. The highest BCUT2D eigenvalue weighted by atomic mass is 16.5. The van der Waals surface area contributed by atoms with E-state index in [-0.39, 0.29) is 18.5 Å². The Morgan fingerprint density at radius 3 is 0.835 bits per heavy atom. The van der Waals surface area contributed by atoms with Gasteiger partial charge in [0.05, 0.1) is 25.4 Å². The lowest BCUT2D eigenvalue weighted by Crippen LogP contribution is -2.45. The van der Waals surface area contributed by atoms with Gasteiger partial charge in [0.1, 0.15) is 0 Å². The van der Waals surface area contributed by atoms with Crippen molar-refractivity contribution in [2.24, 2.45) is 0 Å². The minimum atomic E-state index is -0.662. The Balaban J connectivity index is 3.34. The van der Waals surface area contributed by atoms with E-state index in [1.807, 2.05) is 0 Å². The molecule has 2 unspecified atom stereocenters. The number of carbonyl (C=O) groups is 2. The molecule has 0 aromatic carbocycles. The molecule has 0 aliphatic heterocycles. The minimum Gasteiger partial charge on any atom is -0.466 e. The number of ether oxygens (including phenoxy) is 1. The lowest BCUT2D eigenvalue weighted by atomic mass is 10.0. The van der Waals surface area contributed by atoms with Gasteiger partial charge >= 0.3 is 5.97 Å². The predicted molar refractivity (Wildman–Crippen MR) is 375 cm³/mol. The number of nitrogens with one attached hydrogen (secondary N) is 1. The fourth-order valence-corrected chi connectivity index (χ4v) is 12.5. The Bertz CT molecular complexity index is 1330. The molecule has 0 radical (unpaired) electrons. The number of hydrogen-bond acceptors (Lipinski definition) is 5. The summed E-state index contributed by atoms with van der Waals surface area (Å²) in [7, 11) is 0. The molecule has 6 heteroatoms. The molecule has 0 rings (SSSR count). The molecular formula is C79H153NO5. The third-order valence-electron chi connectivity index (χ3n) is 18.5. The number of rotatable bonds is 74. The summed E-state index contributed by atoms with van der Waals surface area (Å²) < 4.78 is 5.49. The van der Waals surface area contributed by atoms with E-state index in [1.54, 1.807) is 0 Å². The van der Waals surface area contributed by atoms with Crippen molar-refractivity contribution in [1.82, 2.24) is 5.32 Å². The number of aliphatic hydroxyl groups excluding tert-OH is 2. The normalized spacial score (nSPS) is 12.6. The first kappa shape index (κ1) is 83.3. The molecule has 0 heterocycles. The molecule has 1 amide bonds.